The predicted octanol–water partition coefficient (Wildman–Crippen LogP) is 4.70. The van der Waals surface area contributed by atoms with Crippen LogP contribution in [-0.2, 0) is 0 Å². The smallest absolute Gasteiger partial charge is 0.151 e. The van der Waals surface area contributed by atoms with E-state index in [1.165, 1.54) is 12.1 Å². The highest BCUT2D eigenvalue weighted by molar-refractivity contribution is 6.37. The number of hydrogen-bond acceptors (Lipinski definition) is 3. The van der Waals surface area contributed by atoms with Gasteiger partial charge < -0.3 is 10.6 Å². The van der Waals surface area contributed by atoms with Crippen LogP contribution < -0.4 is 10.6 Å². The zero-order valence-electron chi connectivity index (χ0n) is 10.2. The molecule has 2 aromatic rings. The van der Waals surface area contributed by atoms with Gasteiger partial charge in [0.05, 0.1) is 10.0 Å². The average molecular weight is 300 g/mol. The van der Waals surface area contributed by atoms with Crippen molar-refractivity contribution in [3.05, 3.63) is 46.2 Å². The van der Waals surface area contributed by atoms with E-state index in [1.54, 1.807) is 18.2 Å². The van der Waals surface area contributed by atoms with Crippen LogP contribution in [-0.4, -0.2) is 11.5 Å². The Hall–Kier alpha value is -1.52. The highest BCUT2D eigenvalue weighted by Gasteiger charge is 2.09. The molecule has 0 aliphatic heterocycles. The summed E-state index contributed by atoms with van der Waals surface area (Å²) in [6, 6.07) is 7.54. The summed E-state index contributed by atoms with van der Waals surface area (Å²) in [5.74, 6) is 0.723. The third-order valence-electron chi connectivity index (χ3n) is 2.38. The van der Waals surface area contributed by atoms with Crippen molar-refractivity contribution in [2.75, 3.05) is 17.2 Å². The van der Waals surface area contributed by atoms with Crippen LogP contribution in [0.2, 0.25) is 10.0 Å². The summed E-state index contributed by atoms with van der Waals surface area (Å²) in [7, 11) is 0. The molecule has 0 atom stereocenters. The van der Waals surface area contributed by atoms with Gasteiger partial charge in [-0.05, 0) is 37.3 Å². The van der Waals surface area contributed by atoms with Crippen molar-refractivity contribution in [3.8, 4) is 0 Å². The van der Waals surface area contributed by atoms with E-state index in [-0.39, 0.29) is 5.82 Å². The van der Waals surface area contributed by atoms with E-state index in [9.17, 15) is 4.39 Å². The van der Waals surface area contributed by atoms with Crippen molar-refractivity contribution in [2.24, 2.45) is 0 Å². The number of aromatic nitrogens is 1. The van der Waals surface area contributed by atoms with Crippen molar-refractivity contribution in [2.45, 2.75) is 6.92 Å². The van der Waals surface area contributed by atoms with Crippen molar-refractivity contribution in [1.82, 2.24) is 4.98 Å². The summed E-state index contributed by atoms with van der Waals surface area (Å²) in [5.41, 5.74) is 0.695. The molecule has 0 aliphatic carbocycles. The number of rotatable bonds is 4. The highest BCUT2D eigenvalue weighted by Crippen LogP contribution is 2.30. The molecular weight excluding hydrogens is 288 g/mol. The Morgan fingerprint density at radius 3 is 2.37 bits per heavy atom. The molecule has 100 valence electrons. The van der Waals surface area contributed by atoms with Gasteiger partial charge in [-0.2, -0.15) is 0 Å². The van der Waals surface area contributed by atoms with E-state index in [1.807, 2.05) is 6.92 Å². The summed E-state index contributed by atoms with van der Waals surface area (Å²) >= 11 is 12.1. The fourth-order valence-electron chi connectivity index (χ4n) is 1.52. The maximum absolute atomic E-state index is 12.8. The first-order chi connectivity index (χ1) is 9.10. The Labute approximate surface area is 120 Å². The molecule has 2 N–H and O–H groups in total. The van der Waals surface area contributed by atoms with E-state index in [0.29, 0.717) is 33.9 Å². The second-order valence-electron chi connectivity index (χ2n) is 3.81. The highest BCUT2D eigenvalue weighted by atomic mass is 35.5. The van der Waals surface area contributed by atoms with Crippen LogP contribution in [0, 0.1) is 5.82 Å². The van der Waals surface area contributed by atoms with Gasteiger partial charge in [-0.15, -0.1) is 0 Å². The number of anilines is 3. The topological polar surface area (TPSA) is 37.0 Å². The second-order valence-corrected chi connectivity index (χ2v) is 4.63. The minimum Gasteiger partial charge on any atom is -0.369 e. The largest absolute Gasteiger partial charge is 0.369 e. The van der Waals surface area contributed by atoms with Crippen molar-refractivity contribution in [1.29, 1.82) is 0 Å². The molecule has 0 amide bonds. The number of hydrogen-bond donors (Lipinski definition) is 2. The van der Waals surface area contributed by atoms with Crippen LogP contribution >= 0.6 is 23.2 Å². The third-order valence-corrected chi connectivity index (χ3v) is 2.96. The molecule has 0 saturated heterocycles. The lowest BCUT2D eigenvalue weighted by Gasteiger charge is -2.11. The molecule has 0 radical (unpaired) electrons. The number of nitrogens with one attached hydrogen (secondary N) is 2. The number of benzene rings is 1. The van der Waals surface area contributed by atoms with Crippen molar-refractivity contribution in [3.63, 3.8) is 0 Å². The van der Waals surface area contributed by atoms with Gasteiger partial charge in [0.15, 0.2) is 5.82 Å². The van der Waals surface area contributed by atoms with Crippen LogP contribution in [0.4, 0.5) is 21.7 Å². The first-order valence-electron chi connectivity index (χ1n) is 5.72. The van der Waals surface area contributed by atoms with Gasteiger partial charge in [-0.25, -0.2) is 9.37 Å². The van der Waals surface area contributed by atoms with E-state index in [2.05, 4.69) is 15.6 Å². The molecule has 1 heterocycles. The summed E-state index contributed by atoms with van der Waals surface area (Å²) < 4.78 is 12.8. The Bertz CT molecular complexity index is 573. The Morgan fingerprint density at radius 2 is 1.74 bits per heavy atom. The Kier molecular flexibility index (Phi) is 4.45. The van der Waals surface area contributed by atoms with Crippen LogP contribution in [0.1, 0.15) is 6.92 Å². The van der Waals surface area contributed by atoms with Gasteiger partial charge in [0.1, 0.15) is 11.6 Å². The standard InChI is InChI=1S/C13H12Cl2FN3/c1-2-17-12-10(14)7-11(15)13(19-12)18-9-5-3-8(16)4-6-9/h3-7H,2H2,1H3,(H2,17,18,19). The lowest BCUT2D eigenvalue weighted by molar-refractivity contribution is 0.628. The molecule has 0 aliphatic rings. The molecule has 1 aromatic heterocycles. The predicted molar refractivity (Wildman–Crippen MR) is 78.1 cm³/mol. The lowest BCUT2D eigenvalue weighted by atomic mass is 10.3. The first-order valence-corrected chi connectivity index (χ1v) is 6.48. The fraction of sp³-hybridized carbons (Fsp3) is 0.154. The Morgan fingerprint density at radius 1 is 1.11 bits per heavy atom. The molecule has 19 heavy (non-hydrogen) atoms. The molecule has 1 aromatic carbocycles. The van der Waals surface area contributed by atoms with Gasteiger partial charge in [0, 0.05) is 12.2 Å². The second kappa shape index (κ2) is 6.08. The molecule has 6 heteroatoms. The monoisotopic (exact) mass is 299 g/mol. The SMILES string of the molecule is CCNc1nc(Nc2ccc(F)cc2)c(Cl)cc1Cl. The molecule has 3 nitrogen and oxygen atoms in total. The molecule has 0 unspecified atom stereocenters. The minimum atomic E-state index is -0.297. The normalized spacial score (nSPS) is 10.3. The molecular formula is C13H12Cl2FN3. The number of nitrogens with zero attached hydrogens (tertiary/aromatic N) is 1. The molecule has 0 bridgehead atoms. The van der Waals surface area contributed by atoms with E-state index in [0.717, 1.165) is 0 Å². The number of halogens is 3. The Balaban J connectivity index is 2.28. The van der Waals surface area contributed by atoms with E-state index >= 15 is 0 Å². The summed E-state index contributed by atoms with van der Waals surface area (Å²) in [6.45, 7) is 2.64. The van der Waals surface area contributed by atoms with E-state index in [4.69, 9.17) is 23.2 Å². The third kappa shape index (κ3) is 3.49. The fourth-order valence-corrected chi connectivity index (χ4v) is 1.99. The average Bonchev–Trinajstić information content (AvgIpc) is 2.38. The molecule has 2 rings (SSSR count). The van der Waals surface area contributed by atoms with Crippen LogP contribution in [0.15, 0.2) is 30.3 Å². The van der Waals surface area contributed by atoms with Gasteiger partial charge >= 0.3 is 0 Å². The molecule has 0 saturated carbocycles. The van der Waals surface area contributed by atoms with Crippen LogP contribution in [0.5, 0.6) is 0 Å². The van der Waals surface area contributed by atoms with Gasteiger partial charge in [0.2, 0.25) is 0 Å². The summed E-state index contributed by atoms with van der Waals surface area (Å²) in [6.07, 6.45) is 0. The van der Waals surface area contributed by atoms with Crippen LogP contribution in [0.25, 0.3) is 0 Å². The lowest BCUT2D eigenvalue weighted by Crippen LogP contribution is -2.03. The van der Waals surface area contributed by atoms with Gasteiger partial charge in [0.25, 0.3) is 0 Å². The van der Waals surface area contributed by atoms with Gasteiger partial charge in [-0.3, -0.25) is 0 Å². The number of pyridine rings is 1. The summed E-state index contributed by atoms with van der Waals surface area (Å²) in [5, 5.41) is 6.91. The minimum absolute atomic E-state index is 0.297. The molecule has 0 spiro atoms. The van der Waals surface area contributed by atoms with Gasteiger partial charge in [-0.1, -0.05) is 23.2 Å². The van der Waals surface area contributed by atoms with Crippen molar-refractivity contribution < 1.29 is 4.39 Å². The van der Waals surface area contributed by atoms with E-state index < -0.39 is 0 Å². The molecule has 0 fully saturated rings. The maximum atomic E-state index is 12.8. The van der Waals surface area contributed by atoms with Crippen LogP contribution in [0.3, 0.4) is 0 Å². The summed E-state index contributed by atoms with van der Waals surface area (Å²) in [4.78, 5) is 4.30. The zero-order chi connectivity index (χ0) is 13.8. The zero-order valence-corrected chi connectivity index (χ0v) is 11.7. The quantitative estimate of drug-likeness (QED) is 0.859. The van der Waals surface area contributed by atoms with Crippen molar-refractivity contribution >= 4 is 40.5 Å². The maximum Gasteiger partial charge on any atom is 0.151 e. The first kappa shape index (κ1) is 13.9.